The molecule has 0 spiro atoms. The van der Waals surface area contributed by atoms with E-state index >= 15 is 0 Å². The Kier molecular flexibility index (Phi) is 8.98. The molecule has 2 aromatic carbocycles. The second-order valence-electron chi connectivity index (χ2n) is 6.16. The molecular weight excluding hydrogens is 504 g/mol. The van der Waals surface area contributed by atoms with Crippen molar-refractivity contribution in [1.82, 2.24) is 0 Å². The molecule has 0 aliphatic carbocycles. The minimum absolute atomic E-state index is 0.00236. The number of nitrogens with zero attached hydrogens (tertiary/aromatic N) is 1. The number of ether oxygens (including phenoxy) is 2. The molecule has 0 unspecified atom stereocenters. The van der Waals surface area contributed by atoms with E-state index < -0.39 is 0 Å². The van der Waals surface area contributed by atoms with E-state index in [1.807, 2.05) is 13.8 Å². The normalized spacial score (nSPS) is 10.9. The van der Waals surface area contributed by atoms with Crippen molar-refractivity contribution >= 4 is 55.4 Å². The maximum absolute atomic E-state index is 12.0. The van der Waals surface area contributed by atoms with Crippen LogP contribution in [0.2, 0.25) is 0 Å². The van der Waals surface area contributed by atoms with Crippen LogP contribution < -0.4 is 14.8 Å². The van der Waals surface area contributed by atoms with Crippen LogP contribution in [0.5, 0.6) is 17.2 Å². The molecule has 2 N–H and O–H groups in total. The van der Waals surface area contributed by atoms with Gasteiger partial charge in [-0.15, -0.1) is 0 Å². The van der Waals surface area contributed by atoms with E-state index in [1.165, 1.54) is 7.11 Å². The molecule has 0 aliphatic rings. The van der Waals surface area contributed by atoms with Gasteiger partial charge in [-0.25, -0.2) is 0 Å². The fourth-order valence-corrected chi connectivity index (χ4v) is 3.37. The number of hydrogen-bond acceptors (Lipinski definition) is 5. The molecule has 8 heteroatoms. The minimum Gasteiger partial charge on any atom is -0.504 e. The number of rotatable bonds is 9. The summed E-state index contributed by atoms with van der Waals surface area (Å²) in [6.45, 7) is 4.32. The maximum atomic E-state index is 12.0. The van der Waals surface area contributed by atoms with E-state index in [2.05, 4.69) is 42.2 Å². The molecule has 2 aromatic rings. The van der Waals surface area contributed by atoms with Gasteiger partial charge in [0, 0.05) is 27.6 Å². The molecule has 0 bridgehead atoms. The number of unbranched alkanes of at least 4 members (excludes halogenated alkanes) is 1. The summed E-state index contributed by atoms with van der Waals surface area (Å²) in [5, 5.41) is 13.3. The number of anilines is 1. The third-order valence-corrected chi connectivity index (χ3v) is 6.06. The summed E-state index contributed by atoms with van der Waals surface area (Å²) >= 11 is 6.89. The predicted octanol–water partition coefficient (Wildman–Crippen LogP) is 6.20. The molecule has 29 heavy (non-hydrogen) atoms. The lowest BCUT2D eigenvalue weighted by Gasteiger charge is -2.12. The van der Waals surface area contributed by atoms with Gasteiger partial charge in [0.25, 0.3) is 0 Å². The molecule has 0 saturated heterocycles. The number of methoxy groups -OCH3 is 1. The molecule has 2 rings (SSSR count). The van der Waals surface area contributed by atoms with Gasteiger partial charge < -0.3 is 19.9 Å². The number of hydrogen-bond donors (Lipinski definition) is 2. The molecule has 0 fully saturated rings. The summed E-state index contributed by atoms with van der Waals surface area (Å²) in [5.74, 6) is 0.828. The van der Waals surface area contributed by atoms with Gasteiger partial charge in [-0.2, -0.15) is 0 Å². The monoisotopic (exact) mass is 526 g/mol. The van der Waals surface area contributed by atoms with Crippen LogP contribution in [0.15, 0.2) is 38.2 Å². The Balaban J connectivity index is 2.28. The molecule has 0 radical (unpaired) electrons. The molecule has 6 nitrogen and oxygen atoms in total. The van der Waals surface area contributed by atoms with Crippen molar-refractivity contribution < 1.29 is 19.4 Å². The van der Waals surface area contributed by atoms with Crippen molar-refractivity contribution in [2.75, 3.05) is 19.0 Å². The summed E-state index contributed by atoms with van der Waals surface area (Å²) in [5.41, 5.74) is 1.69. The highest BCUT2D eigenvalue weighted by atomic mass is 79.9. The fraction of sp³-hybridized carbons (Fsp3) is 0.333. The third kappa shape index (κ3) is 6.21. The molecule has 1 amide bonds. The number of aliphatic imine (C=N–C) groups is 1. The number of benzene rings is 2. The van der Waals surface area contributed by atoms with Crippen LogP contribution in [0.4, 0.5) is 11.4 Å². The Morgan fingerprint density at radius 2 is 2.00 bits per heavy atom. The second-order valence-corrected chi connectivity index (χ2v) is 7.81. The van der Waals surface area contributed by atoms with Crippen LogP contribution in [-0.4, -0.2) is 30.9 Å². The van der Waals surface area contributed by atoms with Gasteiger partial charge in [0.1, 0.15) is 5.75 Å². The van der Waals surface area contributed by atoms with Crippen molar-refractivity contribution in [3.8, 4) is 17.2 Å². The van der Waals surface area contributed by atoms with Crippen molar-refractivity contribution in [1.29, 1.82) is 0 Å². The van der Waals surface area contributed by atoms with Crippen molar-refractivity contribution in [2.45, 2.75) is 33.1 Å². The largest absolute Gasteiger partial charge is 0.504 e. The smallest absolute Gasteiger partial charge is 0.224 e. The Hall–Kier alpha value is -2.06. The molecule has 156 valence electrons. The van der Waals surface area contributed by atoms with Gasteiger partial charge in [0.05, 0.1) is 30.7 Å². The van der Waals surface area contributed by atoms with Crippen LogP contribution in [0, 0.1) is 0 Å². The van der Waals surface area contributed by atoms with Gasteiger partial charge in [0.15, 0.2) is 11.5 Å². The first-order valence-electron chi connectivity index (χ1n) is 9.26. The van der Waals surface area contributed by atoms with Crippen molar-refractivity contribution in [2.24, 2.45) is 4.99 Å². The first kappa shape index (κ1) is 23.2. The van der Waals surface area contributed by atoms with Crippen LogP contribution in [-0.2, 0) is 4.79 Å². The van der Waals surface area contributed by atoms with E-state index in [1.54, 1.807) is 30.5 Å². The number of phenolic OH excluding ortho intramolecular Hbond substituents is 1. The number of carbonyl (C=O) groups is 1. The summed E-state index contributed by atoms with van der Waals surface area (Å²) in [7, 11) is 1.54. The number of nitrogens with one attached hydrogen (secondary N) is 1. The van der Waals surface area contributed by atoms with Crippen molar-refractivity contribution in [3.63, 3.8) is 0 Å². The fourth-order valence-electron chi connectivity index (χ4n) is 2.55. The standard InChI is InChI=1S/C21H24Br2N2O4/c1-4-6-7-19(26)25-16-9-8-13(10-17(16)28-3)24-12-14-20(23)15(22)11-18(21(14)27)29-5-2/h8-12,27H,4-7H2,1-3H3,(H,25,26). The third-order valence-electron chi connectivity index (χ3n) is 4.05. The molecule has 0 aliphatic heterocycles. The number of phenols is 1. The lowest BCUT2D eigenvalue weighted by molar-refractivity contribution is -0.116. The van der Waals surface area contributed by atoms with E-state index in [0.717, 1.165) is 17.3 Å². The summed E-state index contributed by atoms with van der Waals surface area (Å²) < 4.78 is 12.2. The first-order chi connectivity index (χ1) is 13.9. The average molecular weight is 528 g/mol. The second kappa shape index (κ2) is 11.2. The van der Waals surface area contributed by atoms with E-state index in [4.69, 9.17) is 9.47 Å². The van der Waals surface area contributed by atoms with Crippen LogP contribution >= 0.6 is 31.9 Å². The van der Waals surface area contributed by atoms with E-state index in [-0.39, 0.29) is 11.7 Å². The topological polar surface area (TPSA) is 80.2 Å². The summed E-state index contributed by atoms with van der Waals surface area (Å²) in [6, 6.07) is 6.93. The SMILES string of the molecule is CCCCC(=O)Nc1ccc(N=Cc2c(O)c(OCC)cc(Br)c2Br)cc1OC. The zero-order valence-electron chi connectivity index (χ0n) is 16.6. The van der Waals surface area contributed by atoms with Gasteiger partial charge in [-0.05, 0) is 63.4 Å². The van der Waals surface area contributed by atoms with Crippen LogP contribution in [0.1, 0.15) is 38.7 Å². The van der Waals surface area contributed by atoms with Crippen molar-refractivity contribution in [3.05, 3.63) is 38.8 Å². The van der Waals surface area contributed by atoms with E-state index in [0.29, 0.717) is 45.9 Å². The maximum Gasteiger partial charge on any atom is 0.224 e. The molecular formula is C21H24Br2N2O4. The van der Waals surface area contributed by atoms with Crippen LogP contribution in [0.3, 0.4) is 0 Å². The highest BCUT2D eigenvalue weighted by molar-refractivity contribution is 9.13. The number of carbonyl (C=O) groups excluding carboxylic acids is 1. The Morgan fingerprint density at radius 3 is 2.66 bits per heavy atom. The van der Waals surface area contributed by atoms with Gasteiger partial charge in [-0.1, -0.05) is 13.3 Å². The van der Waals surface area contributed by atoms with Crippen LogP contribution in [0.25, 0.3) is 0 Å². The molecule has 0 heterocycles. The van der Waals surface area contributed by atoms with Gasteiger partial charge in [0.2, 0.25) is 5.91 Å². The number of aromatic hydroxyl groups is 1. The molecule has 0 aromatic heterocycles. The number of amides is 1. The summed E-state index contributed by atoms with van der Waals surface area (Å²) in [4.78, 5) is 16.4. The van der Waals surface area contributed by atoms with Gasteiger partial charge in [-0.3, -0.25) is 9.79 Å². The lowest BCUT2D eigenvalue weighted by Crippen LogP contribution is -2.11. The van der Waals surface area contributed by atoms with Gasteiger partial charge >= 0.3 is 0 Å². The highest BCUT2D eigenvalue weighted by Crippen LogP contribution is 2.40. The average Bonchev–Trinajstić information content (AvgIpc) is 2.71. The molecule has 0 saturated carbocycles. The summed E-state index contributed by atoms with van der Waals surface area (Å²) in [6.07, 6.45) is 3.81. The zero-order valence-corrected chi connectivity index (χ0v) is 19.8. The Bertz CT molecular complexity index is 901. The molecule has 0 atom stereocenters. The lowest BCUT2D eigenvalue weighted by atomic mass is 10.2. The minimum atomic E-state index is -0.0483. The number of halogens is 2. The van der Waals surface area contributed by atoms with E-state index in [9.17, 15) is 9.90 Å². The Morgan fingerprint density at radius 1 is 1.24 bits per heavy atom. The first-order valence-corrected chi connectivity index (χ1v) is 10.9. The highest BCUT2D eigenvalue weighted by Gasteiger charge is 2.15. The Labute approximate surface area is 187 Å². The zero-order chi connectivity index (χ0) is 21.4. The predicted molar refractivity (Wildman–Crippen MR) is 123 cm³/mol. The quantitative estimate of drug-likeness (QED) is 0.380.